The predicted molar refractivity (Wildman–Crippen MR) is 61.7 cm³/mol. The molecule has 0 aromatic heterocycles. The van der Waals surface area contributed by atoms with Gasteiger partial charge in [0.2, 0.25) is 15.9 Å². The molecule has 100 valence electrons. The summed E-state index contributed by atoms with van der Waals surface area (Å²) in [4.78, 5) is 21.4. The molecule has 0 bridgehead atoms. The third-order valence-corrected chi connectivity index (χ3v) is 2.83. The highest BCUT2D eigenvalue weighted by Gasteiger charge is 2.04. The highest BCUT2D eigenvalue weighted by atomic mass is 32.2. The molecule has 17 heavy (non-hydrogen) atoms. The van der Waals surface area contributed by atoms with Gasteiger partial charge in [0.1, 0.15) is 0 Å². The molecule has 0 radical (unpaired) electrons. The number of nitrogens with one attached hydrogen (secondary N) is 1. The molecule has 0 aliphatic heterocycles. The van der Waals surface area contributed by atoms with Crippen molar-refractivity contribution in [1.29, 1.82) is 0 Å². The van der Waals surface area contributed by atoms with Crippen molar-refractivity contribution in [3.8, 4) is 0 Å². The summed E-state index contributed by atoms with van der Waals surface area (Å²) in [7, 11) is -3.47. The number of nitrogens with two attached hydrogens (primary N) is 1. The minimum atomic E-state index is -3.47. The first-order valence-corrected chi connectivity index (χ1v) is 7.02. The predicted octanol–water partition coefficient (Wildman–Crippen LogP) is -0.574. The lowest BCUT2D eigenvalue weighted by molar-refractivity contribution is -0.137. The first-order chi connectivity index (χ1) is 7.81. The minimum absolute atomic E-state index is 0.0543. The number of carboxylic acid groups (broad SMARTS) is 1. The van der Waals surface area contributed by atoms with Gasteiger partial charge in [0.15, 0.2) is 0 Å². The number of unbranched alkanes of at least 4 members (excludes halogenated alkanes) is 1. The maximum Gasteiger partial charge on any atom is 0.303 e. The number of hydrogen-bond donors (Lipinski definition) is 3. The SMILES string of the molecule is NS(=O)(=O)CCCNC(=O)CCCCC(=O)O. The number of carbonyl (C=O) groups is 2. The fourth-order valence-corrected chi connectivity index (χ4v) is 1.70. The molecule has 0 spiro atoms. The Morgan fingerprint density at radius 1 is 1.12 bits per heavy atom. The number of rotatable bonds is 9. The van der Waals surface area contributed by atoms with Crippen LogP contribution >= 0.6 is 0 Å². The van der Waals surface area contributed by atoms with Crippen LogP contribution in [0.1, 0.15) is 32.1 Å². The van der Waals surface area contributed by atoms with Gasteiger partial charge < -0.3 is 10.4 Å². The van der Waals surface area contributed by atoms with Crippen LogP contribution in [0, 0.1) is 0 Å². The van der Waals surface area contributed by atoms with Crippen molar-refractivity contribution in [3.05, 3.63) is 0 Å². The van der Waals surface area contributed by atoms with Crippen LogP contribution in [0.15, 0.2) is 0 Å². The molecule has 0 rings (SSSR count). The number of aliphatic carboxylic acids is 1. The molecule has 0 aromatic carbocycles. The van der Waals surface area contributed by atoms with E-state index in [4.69, 9.17) is 10.2 Å². The second kappa shape index (κ2) is 8.02. The van der Waals surface area contributed by atoms with Crippen LogP contribution < -0.4 is 10.5 Å². The van der Waals surface area contributed by atoms with Crippen LogP contribution in [-0.2, 0) is 19.6 Å². The minimum Gasteiger partial charge on any atom is -0.481 e. The van der Waals surface area contributed by atoms with E-state index in [0.717, 1.165) is 0 Å². The third-order valence-electron chi connectivity index (χ3n) is 1.97. The molecule has 8 heteroatoms. The molecular weight excluding hydrogens is 248 g/mol. The highest BCUT2D eigenvalue weighted by Crippen LogP contribution is 1.99. The molecule has 0 saturated carbocycles. The maximum atomic E-state index is 11.2. The summed E-state index contributed by atoms with van der Waals surface area (Å²) in [6, 6.07) is 0. The Labute approximate surface area is 100 Å². The lowest BCUT2D eigenvalue weighted by atomic mass is 10.2. The molecule has 0 heterocycles. The number of carbonyl (C=O) groups excluding carboxylic acids is 1. The average Bonchev–Trinajstić information content (AvgIpc) is 2.18. The Balaban J connectivity index is 3.44. The standard InChI is InChI=1S/C9H18N2O5S/c10-17(15,16)7-3-6-11-8(12)4-1-2-5-9(13)14/h1-7H2,(H,11,12)(H,13,14)(H2,10,15,16). The van der Waals surface area contributed by atoms with Crippen molar-refractivity contribution in [3.63, 3.8) is 0 Å². The second-order valence-corrected chi connectivity index (χ2v) is 5.41. The lowest BCUT2D eigenvalue weighted by Crippen LogP contribution is -2.27. The summed E-state index contributed by atoms with van der Waals surface area (Å²) in [6.45, 7) is 0.258. The van der Waals surface area contributed by atoms with E-state index in [1.807, 2.05) is 0 Å². The van der Waals surface area contributed by atoms with E-state index in [-0.39, 0.29) is 37.5 Å². The average molecular weight is 266 g/mol. The van der Waals surface area contributed by atoms with Gasteiger partial charge in [0.25, 0.3) is 0 Å². The first kappa shape index (κ1) is 15.9. The normalized spacial score (nSPS) is 11.1. The van der Waals surface area contributed by atoms with E-state index in [1.165, 1.54) is 0 Å². The number of amides is 1. The highest BCUT2D eigenvalue weighted by molar-refractivity contribution is 7.89. The van der Waals surface area contributed by atoms with E-state index < -0.39 is 16.0 Å². The van der Waals surface area contributed by atoms with Crippen LogP contribution in [0.25, 0.3) is 0 Å². The second-order valence-electron chi connectivity index (χ2n) is 3.67. The van der Waals surface area contributed by atoms with Crippen LogP contribution in [0.2, 0.25) is 0 Å². The van der Waals surface area contributed by atoms with Gasteiger partial charge >= 0.3 is 5.97 Å². The van der Waals surface area contributed by atoms with Crippen molar-refractivity contribution in [2.75, 3.05) is 12.3 Å². The van der Waals surface area contributed by atoms with Crippen LogP contribution in [-0.4, -0.2) is 37.7 Å². The summed E-state index contributed by atoms with van der Waals surface area (Å²) in [5.41, 5.74) is 0. The molecule has 0 fully saturated rings. The van der Waals surface area contributed by atoms with Gasteiger partial charge in [-0.15, -0.1) is 0 Å². The largest absolute Gasteiger partial charge is 0.481 e. The summed E-state index contributed by atoms with van der Waals surface area (Å²) in [6.07, 6.45) is 1.55. The Kier molecular flexibility index (Phi) is 7.47. The molecule has 0 saturated heterocycles. The monoisotopic (exact) mass is 266 g/mol. The fraction of sp³-hybridized carbons (Fsp3) is 0.778. The summed E-state index contributed by atoms with van der Waals surface area (Å²) in [5.74, 6) is -1.24. The maximum absolute atomic E-state index is 11.2. The fourth-order valence-electron chi connectivity index (χ4n) is 1.15. The Hall–Kier alpha value is -1.15. The topological polar surface area (TPSA) is 127 Å². The zero-order valence-corrected chi connectivity index (χ0v) is 10.3. The zero-order chi connectivity index (χ0) is 13.3. The Morgan fingerprint density at radius 2 is 1.71 bits per heavy atom. The molecule has 7 nitrogen and oxygen atoms in total. The number of primary sulfonamides is 1. The van der Waals surface area contributed by atoms with Crippen molar-refractivity contribution >= 4 is 21.9 Å². The van der Waals surface area contributed by atoms with E-state index in [9.17, 15) is 18.0 Å². The van der Waals surface area contributed by atoms with Crippen molar-refractivity contribution in [2.24, 2.45) is 5.14 Å². The number of carboxylic acids is 1. The van der Waals surface area contributed by atoms with Crippen LogP contribution in [0.3, 0.4) is 0 Å². The first-order valence-electron chi connectivity index (χ1n) is 5.30. The van der Waals surface area contributed by atoms with E-state index in [1.54, 1.807) is 0 Å². The Morgan fingerprint density at radius 3 is 2.24 bits per heavy atom. The Bertz CT molecular complexity index is 352. The van der Waals surface area contributed by atoms with Crippen molar-refractivity contribution < 1.29 is 23.1 Å². The smallest absolute Gasteiger partial charge is 0.303 e. The van der Waals surface area contributed by atoms with Crippen LogP contribution in [0.5, 0.6) is 0 Å². The molecule has 0 aromatic rings. The molecule has 4 N–H and O–H groups in total. The molecular formula is C9H18N2O5S. The zero-order valence-electron chi connectivity index (χ0n) is 9.52. The molecule has 0 atom stereocenters. The lowest BCUT2D eigenvalue weighted by Gasteiger charge is -2.04. The number of sulfonamides is 1. The quantitative estimate of drug-likeness (QED) is 0.481. The van der Waals surface area contributed by atoms with Gasteiger partial charge in [-0.2, -0.15) is 0 Å². The van der Waals surface area contributed by atoms with E-state index in [2.05, 4.69) is 5.32 Å². The van der Waals surface area contributed by atoms with Gasteiger partial charge in [-0.3, -0.25) is 9.59 Å². The molecule has 0 aliphatic carbocycles. The summed E-state index contributed by atoms with van der Waals surface area (Å²) in [5, 5.41) is 15.7. The van der Waals surface area contributed by atoms with Crippen LogP contribution in [0.4, 0.5) is 0 Å². The van der Waals surface area contributed by atoms with Gasteiger partial charge in [-0.05, 0) is 19.3 Å². The van der Waals surface area contributed by atoms with Gasteiger partial charge in [0.05, 0.1) is 5.75 Å². The van der Waals surface area contributed by atoms with Crippen molar-refractivity contribution in [1.82, 2.24) is 5.32 Å². The summed E-state index contributed by atoms with van der Waals surface area (Å²) < 4.78 is 21.1. The molecule has 0 unspecified atom stereocenters. The van der Waals surface area contributed by atoms with Crippen molar-refractivity contribution in [2.45, 2.75) is 32.1 Å². The molecule has 0 aliphatic rings. The number of hydrogen-bond acceptors (Lipinski definition) is 4. The van der Waals surface area contributed by atoms with Gasteiger partial charge in [-0.25, -0.2) is 13.6 Å². The van der Waals surface area contributed by atoms with Gasteiger partial charge in [-0.1, -0.05) is 0 Å². The molecule has 1 amide bonds. The van der Waals surface area contributed by atoms with Gasteiger partial charge in [0, 0.05) is 19.4 Å². The third kappa shape index (κ3) is 12.8. The summed E-state index contributed by atoms with van der Waals surface area (Å²) >= 11 is 0. The van der Waals surface area contributed by atoms with E-state index in [0.29, 0.717) is 12.8 Å². The van der Waals surface area contributed by atoms with E-state index >= 15 is 0 Å².